The van der Waals surface area contributed by atoms with Crippen LogP contribution in [0.1, 0.15) is 5.56 Å². The molecule has 0 saturated carbocycles. The van der Waals surface area contributed by atoms with E-state index < -0.39 is 0 Å². The fraction of sp³-hybridized carbons (Fsp3) is 0.0667. The van der Waals surface area contributed by atoms with E-state index in [4.69, 9.17) is 0 Å². The van der Waals surface area contributed by atoms with Crippen LogP contribution in [0.3, 0.4) is 0 Å². The highest BCUT2D eigenvalue weighted by atomic mass is 32.1. The maximum absolute atomic E-state index is 12.2. The van der Waals surface area contributed by atoms with Crippen molar-refractivity contribution in [2.45, 2.75) is 6.42 Å². The van der Waals surface area contributed by atoms with Gasteiger partial charge in [-0.25, -0.2) is 0 Å². The lowest BCUT2D eigenvalue weighted by molar-refractivity contribution is -0.115. The van der Waals surface area contributed by atoms with Gasteiger partial charge in [-0.1, -0.05) is 53.8 Å². The predicted molar refractivity (Wildman–Crippen MR) is 84.9 cm³/mol. The molecule has 0 spiro atoms. The SMILES string of the molecule is O=C(Cc1cccc2ccccc12)Nc1nn2cnnc2s1. The highest BCUT2D eigenvalue weighted by Gasteiger charge is 2.11. The molecule has 0 atom stereocenters. The van der Waals surface area contributed by atoms with Crippen molar-refractivity contribution >= 4 is 38.1 Å². The van der Waals surface area contributed by atoms with Gasteiger partial charge in [0.15, 0.2) is 0 Å². The van der Waals surface area contributed by atoms with E-state index in [0.29, 0.717) is 16.5 Å². The number of carbonyl (C=O) groups excluding carboxylic acids is 1. The summed E-state index contributed by atoms with van der Waals surface area (Å²) in [5, 5.41) is 17.4. The number of rotatable bonds is 3. The monoisotopic (exact) mass is 309 g/mol. The molecule has 0 aliphatic rings. The first-order valence-corrected chi connectivity index (χ1v) is 7.54. The molecular formula is C15H11N5OS. The molecule has 2 aromatic heterocycles. The third-order valence-electron chi connectivity index (χ3n) is 3.36. The Morgan fingerprint density at radius 2 is 2.05 bits per heavy atom. The molecule has 2 heterocycles. The first-order valence-electron chi connectivity index (χ1n) is 6.73. The summed E-state index contributed by atoms with van der Waals surface area (Å²) in [4.78, 5) is 12.9. The van der Waals surface area contributed by atoms with Gasteiger partial charge in [-0.2, -0.15) is 4.52 Å². The number of carbonyl (C=O) groups is 1. The van der Waals surface area contributed by atoms with Crippen molar-refractivity contribution in [2.24, 2.45) is 0 Å². The van der Waals surface area contributed by atoms with Gasteiger partial charge in [0, 0.05) is 0 Å². The third kappa shape index (κ3) is 2.31. The summed E-state index contributed by atoms with van der Waals surface area (Å²) in [6.07, 6.45) is 1.81. The summed E-state index contributed by atoms with van der Waals surface area (Å²) >= 11 is 1.29. The Labute approximate surface area is 129 Å². The van der Waals surface area contributed by atoms with Crippen LogP contribution in [0.25, 0.3) is 15.7 Å². The van der Waals surface area contributed by atoms with Crippen molar-refractivity contribution in [1.29, 1.82) is 0 Å². The molecule has 0 saturated heterocycles. The number of hydrogen-bond donors (Lipinski definition) is 1. The van der Waals surface area contributed by atoms with Crippen LogP contribution >= 0.6 is 11.3 Å². The summed E-state index contributed by atoms with van der Waals surface area (Å²) in [5.41, 5.74) is 0.999. The normalized spacial score (nSPS) is 11.1. The molecule has 1 N–H and O–H groups in total. The Morgan fingerprint density at radius 1 is 1.18 bits per heavy atom. The molecule has 4 aromatic rings. The highest BCUT2D eigenvalue weighted by Crippen LogP contribution is 2.20. The van der Waals surface area contributed by atoms with Gasteiger partial charge in [-0.3, -0.25) is 4.79 Å². The van der Waals surface area contributed by atoms with Crippen molar-refractivity contribution in [3.05, 3.63) is 54.4 Å². The number of anilines is 1. The third-order valence-corrected chi connectivity index (χ3v) is 4.19. The van der Waals surface area contributed by atoms with E-state index in [-0.39, 0.29) is 5.91 Å². The van der Waals surface area contributed by atoms with Crippen LogP contribution in [-0.2, 0) is 11.2 Å². The van der Waals surface area contributed by atoms with Crippen LogP contribution in [0.2, 0.25) is 0 Å². The number of amides is 1. The van der Waals surface area contributed by atoms with Crippen molar-refractivity contribution < 1.29 is 4.79 Å². The van der Waals surface area contributed by atoms with Crippen molar-refractivity contribution in [3.63, 3.8) is 0 Å². The summed E-state index contributed by atoms with van der Waals surface area (Å²) in [7, 11) is 0. The number of fused-ring (bicyclic) bond motifs is 2. The minimum absolute atomic E-state index is 0.0960. The molecule has 22 heavy (non-hydrogen) atoms. The second-order valence-corrected chi connectivity index (χ2v) is 5.78. The molecule has 2 aromatic carbocycles. The Bertz CT molecular complexity index is 940. The van der Waals surface area contributed by atoms with E-state index in [1.165, 1.54) is 22.2 Å². The smallest absolute Gasteiger partial charge is 0.236 e. The van der Waals surface area contributed by atoms with Crippen molar-refractivity contribution in [1.82, 2.24) is 19.8 Å². The molecular weight excluding hydrogens is 298 g/mol. The lowest BCUT2D eigenvalue weighted by Crippen LogP contribution is -2.14. The van der Waals surface area contributed by atoms with Crippen molar-refractivity contribution in [3.8, 4) is 0 Å². The standard InChI is InChI=1S/C15H11N5OS/c21-13(17-14-19-20-9-16-18-15(20)22-14)8-11-6-3-5-10-4-1-2-7-12(10)11/h1-7,9H,8H2,(H,17,19,21). The second-order valence-electron chi connectivity index (χ2n) is 4.83. The Kier molecular flexibility index (Phi) is 3.05. The molecule has 7 heteroatoms. The van der Waals surface area contributed by atoms with Gasteiger partial charge in [-0.15, -0.1) is 15.3 Å². The Balaban J connectivity index is 1.57. The number of aromatic nitrogens is 4. The van der Waals surface area contributed by atoms with Crippen LogP contribution < -0.4 is 5.32 Å². The lowest BCUT2D eigenvalue weighted by Gasteiger charge is -2.06. The summed E-state index contributed by atoms with van der Waals surface area (Å²) in [5.74, 6) is -0.0960. The Morgan fingerprint density at radius 3 is 2.95 bits per heavy atom. The fourth-order valence-corrected chi connectivity index (χ4v) is 3.13. The van der Waals surface area contributed by atoms with Crippen LogP contribution in [0.4, 0.5) is 5.13 Å². The van der Waals surface area contributed by atoms with Gasteiger partial charge in [-0.05, 0) is 16.3 Å². The summed E-state index contributed by atoms with van der Waals surface area (Å²) in [6.45, 7) is 0. The minimum atomic E-state index is -0.0960. The maximum Gasteiger partial charge on any atom is 0.236 e. The van der Waals surface area contributed by atoms with Gasteiger partial charge < -0.3 is 5.32 Å². The average Bonchev–Trinajstić information content (AvgIpc) is 3.09. The molecule has 108 valence electrons. The topological polar surface area (TPSA) is 72.2 Å². The molecule has 0 radical (unpaired) electrons. The van der Waals surface area contributed by atoms with E-state index in [1.807, 2.05) is 42.5 Å². The maximum atomic E-state index is 12.2. The second kappa shape index (κ2) is 5.19. The van der Waals surface area contributed by atoms with E-state index in [0.717, 1.165) is 16.3 Å². The number of nitrogens with zero attached hydrogens (tertiary/aromatic N) is 4. The minimum Gasteiger partial charge on any atom is -0.300 e. The average molecular weight is 309 g/mol. The van der Waals surface area contributed by atoms with Gasteiger partial charge in [0.1, 0.15) is 6.33 Å². The van der Waals surface area contributed by atoms with E-state index in [1.54, 1.807) is 0 Å². The molecule has 0 aliphatic carbocycles. The molecule has 4 rings (SSSR count). The van der Waals surface area contributed by atoms with Gasteiger partial charge in [0.05, 0.1) is 6.42 Å². The zero-order valence-electron chi connectivity index (χ0n) is 11.4. The Hall–Kier alpha value is -2.80. The molecule has 0 aliphatic heterocycles. The number of nitrogens with one attached hydrogen (secondary N) is 1. The van der Waals surface area contributed by atoms with Gasteiger partial charge in [0.25, 0.3) is 0 Å². The van der Waals surface area contributed by atoms with Gasteiger partial charge >= 0.3 is 0 Å². The molecule has 0 fully saturated rings. The fourth-order valence-electron chi connectivity index (χ4n) is 2.39. The van der Waals surface area contributed by atoms with Gasteiger partial charge in [0.2, 0.25) is 16.0 Å². The molecule has 0 bridgehead atoms. The van der Waals surface area contributed by atoms with Crippen LogP contribution in [0.5, 0.6) is 0 Å². The lowest BCUT2D eigenvalue weighted by atomic mass is 10.0. The zero-order valence-corrected chi connectivity index (χ0v) is 12.2. The molecule has 0 unspecified atom stereocenters. The highest BCUT2D eigenvalue weighted by molar-refractivity contribution is 7.20. The van der Waals surface area contributed by atoms with E-state index in [2.05, 4.69) is 20.6 Å². The largest absolute Gasteiger partial charge is 0.300 e. The van der Waals surface area contributed by atoms with Crippen molar-refractivity contribution in [2.75, 3.05) is 5.32 Å². The predicted octanol–water partition coefficient (Wildman–Crippen LogP) is 2.52. The summed E-state index contributed by atoms with van der Waals surface area (Å²) in [6, 6.07) is 14.0. The first kappa shape index (κ1) is 12.9. The number of hydrogen-bond acceptors (Lipinski definition) is 5. The quantitative estimate of drug-likeness (QED) is 0.631. The summed E-state index contributed by atoms with van der Waals surface area (Å²) < 4.78 is 1.54. The van der Waals surface area contributed by atoms with Crippen LogP contribution in [0.15, 0.2) is 48.8 Å². The van der Waals surface area contributed by atoms with E-state index >= 15 is 0 Å². The van der Waals surface area contributed by atoms with Crippen LogP contribution in [0, 0.1) is 0 Å². The molecule has 6 nitrogen and oxygen atoms in total. The first-order chi connectivity index (χ1) is 10.8. The molecule has 1 amide bonds. The van der Waals surface area contributed by atoms with Crippen LogP contribution in [-0.4, -0.2) is 25.7 Å². The zero-order chi connectivity index (χ0) is 14.9. The number of benzene rings is 2. The van der Waals surface area contributed by atoms with E-state index in [9.17, 15) is 4.79 Å².